The molecule has 0 bridgehead atoms. The summed E-state index contributed by atoms with van der Waals surface area (Å²) in [5, 5.41) is 0. The molecule has 0 aromatic heterocycles. The van der Waals surface area contributed by atoms with Gasteiger partial charge in [0, 0.05) is 0 Å². The lowest BCUT2D eigenvalue weighted by molar-refractivity contribution is -0.139. The van der Waals surface area contributed by atoms with E-state index in [2.05, 4.69) is 4.74 Å². The second-order valence-electron chi connectivity index (χ2n) is 2.54. The first kappa shape index (κ1) is 6.33. The van der Waals surface area contributed by atoms with Crippen molar-refractivity contribution in [1.29, 1.82) is 0 Å². The largest absolute Gasteiger partial charge is 0.434 e. The quantitative estimate of drug-likeness (QED) is 0.495. The van der Waals surface area contributed by atoms with E-state index in [1.807, 2.05) is 13.8 Å². The van der Waals surface area contributed by atoms with Crippen LogP contribution in [0.1, 0.15) is 13.8 Å². The summed E-state index contributed by atoms with van der Waals surface area (Å²) in [6.07, 6.45) is 3.26. The van der Waals surface area contributed by atoms with Crippen molar-refractivity contribution in [1.82, 2.24) is 0 Å². The van der Waals surface area contributed by atoms with E-state index in [9.17, 15) is 4.79 Å². The van der Waals surface area contributed by atoms with Gasteiger partial charge in [0.25, 0.3) is 0 Å². The molecule has 1 unspecified atom stereocenters. The maximum Gasteiger partial charge on any atom is 0.317 e. The molecule has 2 heteroatoms. The Hall–Kier alpha value is -0.790. The van der Waals surface area contributed by atoms with Crippen LogP contribution in [0.3, 0.4) is 0 Å². The molecule has 1 atom stereocenters. The van der Waals surface area contributed by atoms with Gasteiger partial charge in [-0.2, -0.15) is 0 Å². The van der Waals surface area contributed by atoms with E-state index in [0.717, 1.165) is 0 Å². The third kappa shape index (κ3) is 1.12. The third-order valence-electron chi connectivity index (χ3n) is 1.46. The summed E-state index contributed by atoms with van der Waals surface area (Å²) in [6.45, 7) is 4.00. The Labute approximate surface area is 54.5 Å². The number of rotatable bonds is 1. The van der Waals surface area contributed by atoms with Crippen LogP contribution < -0.4 is 0 Å². The van der Waals surface area contributed by atoms with E-state index >= 15 is 0 Å². The fraction of sp³-hybridized carbons (Fsp3) is 0.571. The minimum absolute atomic E-state index is 0.00926. The molecule has 50 valence electrons. The van der Waals surface area contributed by atoms with Crippen LogP contribution in [0.2, 0.25) is 0 Å². The first-order valence-electron chi connectivity index (χ1n) is 3.09. The predicted molar refractivity (Wildman–Crippen MR) is 33.6 cm³/mol. The lowest BCUT2D eigenvalue weighted by Crippen LogP contribution is -2.13. The van der Waals surface area contributed by atoms with Crippen LogP contribution in [0, 0.1) is 11.8 Å². The van der Waals surface area contributed by atoms with Gasteiger partial charge < -0.3 is 4.74 Å². The second kappa shape index (κ2) is 2.21. The van der Waals surface area contributed by atoms with Crippen molar-refractivity contribution >= 4 is 5.97 Å². The van der Waals surface area contributed by atoms with Crippen molar-refractivity contribution in [2.45, 2.75) is 13.8 Å². The lowest BCUT2D eigenvalue weighted by Gasteiger charge is -2.06. The van der Waals surface area contributed by atoms with E-state index in [1.54, 1.807) is 6.08 Å². The van der Waals surface area contributed by atoms with Gasteiger partial charge in [0.15, 0.2) is 0 Å². The summed E-state index contributed by atoms with van der Waals surface area (Å²) in [6, 6.07) is 0. The van der Waals surface area contributed by atoms with Gasteiger partial charge in [-0.25, -0.2) is 0 Å². The zero-order chi connectivity index (χ0) is 6.85. The van der Waals surface area contributed by atoms with Crippen molar-refractivity contribution in [2.24, 2.45) is 11.8 Å². The van der Waals surface area contributed by atoms with Crippen molar-refractivity contribution in [3.63, 3.8) is 0 Å². The summed E-state index contributed by atoms with van der Waals surface area (Å²) < 4.78 is 4.61. The van der Waals surface area contributed by atoms with Crippen molar-refractivity contribution < 1.29 is 9.53 Å². The highest BCUT2D eigenvalue weighted by Gasteiger charge is 2.24. The average molecular weight is 126 g/mol. The first-order chi connectivity index (χ1) is 4.22. The van der Waals surface area contributed by atoms with Gasteiger partial charge in [0.2, 0.25) is 0 Å². The Morgan fingerprint density at radius 2 is 2.33 bits per heavy atom. The monoisotopic (exact) mass is 126 g/mol. The van der Waals surface area contributed by atoms with Gasteiger partial charge in [-0.15, -0.1) is 0 Å². The summed E-state index contributed by atoms with van der Waals surface area (Å²) in [7, 11) is 0. The molecule has 1 aliphatic heterocycles. The Bertz CT molecular complexity index is 147. The van der Waals surface area contributed by atoms with Crippen LogP contribution in [0.25, 0.3) is 0 Å². The molecule has 9 heavy (non-hydrogen) atoms. The van der Waals surface area contributed by atoms with Gasteiger partial charge in [0.1, 0.15) is 0 Å². The predicted octanol–water partition coefficient (Wildman–Crippen LogP) is 1.33. The molecule has 0 spiro atoms. The van der Waals surface area contributed by atoms with Crippen LogP contribution >= 0.6 is 0 Å². The van der Waals surface area contributed by atoms with Crippen LogP contribution in [0.5, 0.6) is 0 Å². The van der Waals surface area contributed by atoms with Crippen LogP contribution in [0.15, 0.2) is 12.3 Å². The maximum absolute atomic E-state index is 10.7. The molecule has 1 rings (SSSR count). The molecule has 2 nitrogen and oxygen atoms in total. The van der Waals surface area contributed by atoms with Crippen LogP contribution in [-0.4, -0.2) is 5.97 Å². The highest BCUT2D eigenvalue weighted by Crippen LogP contribution is 2.18. The SMILES string of the molecule is CC(C)C1C=COC1=O. The fourth-order valence-electron chi connectivity index (χ4n) is 0.843. The first-order valence-corrected chi connectivity index (χ1v) is 3.09. The Kier molecular flexibility index (Phi) is 1.56. The zero-order valence-electron chi connectivity index (χ0n) is 5.63. The molecular weight excluding hydrogens is 116 g/mol. The molecule has 0 saturated heterocycles. The van der Waals surface area contributed by atoms with E-state index in [0.29, 0.717) is 5.92 Å². The molecule has 0 radical (unpaired) electrons. The Morgan fingerprint density at radius 1 is 1.67 bits per heavy atom. The van der Waals surface area contributed by atoms with Crippen molar-refractivity contribution in [3.05, 3.63) is 12.3 Å². The molecule has 0 aromatic carbocycles. The average Bonchev–Trinajstić information content (AvgIpc) is 2.13. The number of cyclic esters (lactones) is 1. The lowest BCUT2D eigenvalue weighted by atomic mass is 9.97. The number of hydrogen-bond donors (Lipinski definition) is 0. The summed E-state index contributed by atoms with van der Waals surface area (Å²) in [5.74, 6) is 0.228. The number of carbonyl (C=O) groups excluding carboxylic acids is 1. The Balaban J connectivity index is 2.59. The molecule has 0 N–H and O–H groups in total. The van der Waals surface area contributed by atoms with Crippen LogP contribution in [-0.2, 0) is 9.53 Å². The van der Waals surface area contributed by atoms with E-state index in [-0.39, 0.29) is 11.9 Å². The molecule has 0 aromatic rings. The molecule has 0 aliphatic carbocycles. The van der Waals surface area contributed by atoms with Crippen molar-refractivity contribution in [3.8, 4) is 0 Å². The number of ether oxygens (including phenoxy) is 1. The van der Waals surface area contributed by atoms with E-state index < -0.39 is 0 Å². The molecule has 1 aliphatic rings. The molecular formula is C7H10O2. The van der Waals surface area contributed by atoms with Gasteiger partial charge in [-0.05, 0) is 12.0 Å². The van der Waals surface area contributed by atoms with Gasteiger partial charge in [-0.3, -0.25) is 4.79 Å². The molecule has 0 saturated carbocycles. The minimum atomic E-state index is -0.120. The zero-order valence-corrected chi connectivity index (χ0v) is 5.63. The number of hydrogen-bond acceptors (Lipinski definition) is 2. The Morgan fingerprint density at radius 3 is 2.56 bits per heavy atom. The normalized spacial score (nSPS) is 25.2. The molecule has 0 amide bonds. The molecule has 0 fully saturated rings. The smallest absolute Gasteiger partial charge is 0.317 e. The maximum atomic E-state index is 10.7. The fourth-order valence-corrected chi connectivity index (χ4v) is 0.843. The van der Waals surface area contributed by atoms with Gasteiger partial charge >= 0.3 is 5.97 Å². The topological polar surface area (TPSA) is 26.3 Å². The van der Waals surface area contributed by atoms with Crippen LogP contribution in [0.4, 0.5) is 0 Å². The second-order valence-corrected chi connectivity index (χ2v) is 2.54. The summed E-state index contributed by atoms with van der Waals surface area (Å²) >= 11 is 0. The standard InChI is InChI=1S/C7H10O2/c1-5(2)6-3-4-9-7(6)8/h3-6H,1-2H3. The number of esters is 1. The highest BCUT2D eigenvalue weighted by molar-refractivity contribution is 5.77. The minimum Gasteiger partial charge on any atom is -0.434 e. The summed E-state index contributed by atoms with van der Waals surface area (Å²) in [4.78, 5) is 10.7. The van der Waals surface area contributed by atoms with E-state index in [1.165, 1.54) is 6.26 Å². The third-order valence-corrected chi connectivity index (χ3v) is 1.46. The molecule has 1 heterocycles. The highest BCUT2D eigenvalue weighted by atomic mass is 16.5. The summed E-state index contributed by atoms with van der Waals surface area (Å²) in [5.41, 5.74) is 0. The van der Waals surface area contributed by atoms with Gasteiger partial charge in [0.05, 0.1) is 12.2 Å². The van der Waals surface area contributed by atoms with Gasteiger partial charge in [-0.1, -0.05) is 13.8 Å². The van der Waals surface area contributed by atoms with E-state index in [4.69, 9.17) is 0 Å². The van der Waals surface area contributed by atoms with Crippen molar-refractivity contribution in [2.75, 3.05) is 0 Å². The number of carbonyl (C=O) groups is 1.